The normalized spacial score (nSPS) is 17.4. The van der Waals surface area contributed by atoms with Crippen LogP contribution in [-0.2, 0) is 4.79 Å². The number of piperidine rings is 1. The summed E-state index contributed by atoms with van der Waals surface area (Å²) in [6, 6.07) is 0. The van der Waals surface area contributed by atoms with E-state index in [1.807, 2.05) is 0 Å². The maximum Gasteiger partial charge on any atom is 0.233 e. The molecule has 1 aromatic rings. The van der Waals surface area contributed by atoms with Crippen LogP contribution in [0.5, 0.6) is 0 Å². The van der Waals surface area contributed by atoms with Crippen LogP contribution in [-0.4, -0.2) is 35.4 Å². The molecule has 0 unspecified atom stereocenters. The van der Waals surface area contributed by atoms with Gasteiger partial charge >= 0.3 is 0 Å². The van der Waals surface area contributed by atoms with Crippen LogP contribution in [0.1, 0.15) is 12.8 Å². The Morgan fingerprint density at radius 1 is 1.56 bits per heavy atom. The van der Waals surface area contributed by atoms with Gasteiger partial charge in [0.15, 0.2) is 0 Å². The minimum absolute atomic E-state index is 0.131. The molecule has 1 amide bonds. The van der Waals surface area contributed by atoms with Crippen molar-refractivity contribution in [2.24, 2.45) is 5.92 Å². The first kappa shape index (κ1) is 11.1. The highest BCUT2D eigenvalue weighted by Gasteiger charge is 2.25. The third-order valence-electron chi connectivity index (χ3n) is 2.81. The highest BCUT2D eigenvalue weighted by Crippen LogP contribution is 2.25. The van der Waals surface area contributed by atoms with Crippen molar-refractivity contribution < 1.29 is 4.79 Å². The summed E-state index contributed by atoms with van der Waals surface area (Å²) >= 11 is 1.31. The summed E-state index contributed by atoms with van der Waals surface area (Å²) in [6.45, 7) is 1.68. The summed E-state index contributed by atoms with van der Waals surface area (Å²) in [7, 11) is 1.68. The summed E-state index contributed by atoms with van der Waals surface area (Å²) in [5.41, 5.74) is 5.48. The second kappa shape index (κ2) is 4.65. The molecule has 88 valence electrons. The van der Waals surface area contributed by atoms with E-state index in [0.717, 1.165) is 31.1 Å². The number of nitrogens with one attached hydrogen (secondary N) is 1. The first-order valence-electron chi connectivity index (χ1n) is 5.26. The van der Waals surface area contributed by atoms with E-state index in [4.69, 9.17) is 5.73 Å². The van der Waals surface area contributed by atoms with Crippen molar-refractivity contribution in [3.05, 3.63) is 0 Å². The van der Waals surface area contributed by atoms with Gasteiger partial charge in [-0.2, -0.15) is 9.36 Å². The molecular weight excluding hydrogens is 226 g/mol. The Labute approximate surface area is 98.0 Å². The predicted molar refractivity (Wildman–Crippen MR) is 63.3 cm³/mol. The molecule has 1 fully saturated rings. The van der Waals surface area contributed by atoms with E-state index in [1.54, 1.807) is 7.05 Å². The van der Waals surface area contributed by atoms with Gasteiger partial charge < -0.3 is 16.0 Å². The molecule has 1 aliphatic rings. The van der Waals surface area contributed by atoms with Crippen molar-refractivity contribution in [2.45, 2.75) is 12.8 Å². The first-order valence-corrected chi connectivity index (χ1v) is 6.03. The molecule has 1 aliphatic heterocycles. The second-order valence-corrected chi connectivity index (χ2v) is 4.54. The minimum atomic E-state index is 0.131. The van der Waals surface area contributed by atoms with E-state index in [1.165, 1.54) is 11.5 Å². The van der Waals surface area contributed by atoms with Gasteiger partial charge in [-0.1, -0.05) is 0 Å². The molecule has 0 atom stereocenters. The number of aromatic nitrogens is 2. The molecule has 2 rings (SSSR count). The molecule has 16 heavy (non-hydrogen) atoms. The molecule has 0 spiro atoms. The smallest absolute Gasteiger partial charge is 0.233 e. The van der Waals surface area contributed by atoms with Crippen LogP contribution in [0.25, 0.3) is 0 Å². The highest BCUT2D eigenvalue weighted by atomic mass is 32.1. The van der Waals surface area contributed by atoms with Crippen molar-refractivity contribution in [1.29, 1.82) is 0 Å². The lowest BCUT2D eigenvalue weighted by atomic mass is 9.96. The number of nitrogen functional groups attached to an aromatic ring is 1. The maximum atomic E-state index is 11.4. The van der Waals surface area contributed by atoms with Crippen molar-refractivity contribution in [3.63, 3.8) is 0 Å². The maximum absolute atomic E-state index is 11.4. The van der Waals surface area contributed by atoms with Crippen LogP contribution in [0.4, 0.5) is 11.1 Å². The fourth-order valence-electron chi connectivity index (χ4n) is 1.89. The Kier molecular flexibility index (Phi) is 3.23. The number of carbonyl (C=O) groups excluding carboxylic acids is 1. The van der Waals surface area contributed by atoms with Gasteiger partial charge in [0.2, 0.25) is 17.0 Å². The number of carbonyl (C=O) groups is 1. The lowest BCUT2D eigenvalue weighted by Gasteiger charge is -2.30. The Balaban J connectivity index is 1.92. The van der Waals surface area contributed by atoms with Gasteiger partial charge in [-0.25, -0.2) is 0 Å². The van der Waals surface area contributed by atoms with Crippen LogP contribution in [0.15, 0.2) is 0 Å². The summed E-state index contributed by atoms with van der Waals surface area (Å²) in [5.74, 6) is 0.594. The van der Waals surface area contributed by atoms with Crippen molar-refractivity contribution in [2.75, 3.05) is 30.8 Å². The molecule has 0 aromatic carbocycles. The summed E-state index contributed by atoms with van der Waals surface area (Å²) in [6.07, 6.45) is 1.72. The zero-order chi connectivity index (χ0) is 11.5. The standard InChI is InChI=1S/C9H15N5OS/c1-11-7(15)6-2-4-14(5-3-6)9-12-8(10)13-16-9/h6H,2-5H2,1H3,(H2,10,13)(H,11,15). The van der Waals surface area contributed by atoms with Crippen LogP contribution < -0.4 is 16.0 Å². The largest absolute Gasteiger partial charge is 0.367 e. The van der Waals surface area contributed by atoms with Gasteiger partial charge in [-0.05, 0) is 12.8 Å². The van der Waals surface area contributed by atoms with Crippen molar-refractivity contribution in [3.8, 4) is 0 Å². The lowest BCUT2D eigenvalue weighted by molar-refractivity contribution is -0.125. The predicted octanol–water partition coefficient (Wildman–Crippen LogP) is 0.0827. The monoisotopic (exact) mass is 241 g/mol. The van der Waals surface area contributed by atoms with Crippen LogP contribution in [0.3, 0.4) is 0 Å². The number of rotatable bonds is 2. The van der Waals surface area contributed by atoms with Crippen LogP contribution in [0, 0.1) is 5.92 Å². The average Bonchev–Trinajstić information content (AvgIpc) is 2.75. The highest BCUT2D eigenvalue weighted by molar-refractivity contribution is 7.09. The fourth-order valence-corrected chi connectivity index (χ4v) is 2.54. The van der Waals surface area contributed by atoms with Crippen LogP contribution >= 0.6 is 11.5 Å². The molecule has 1 aromatic heterocycles. The molecule has 1 saturated heterocycles. The van der Waals surface area contributed by atoms with E-state index in [9.17, 15) is 4.79 Å². The Hall–Kier alpha value is -1.37. The lowest BCUT2D eigenvalue weighted by Crippen LogP contribution is -2.39. The van der Waals surface area contributed by atoms with Crippen molar-refractivity contribution >= 4 is 28.5 Å². The number of hydrogen-bond acceptors (Lipinski definition) is 6. The molecule has 6 nitrogen and oxygen atoms in total. The van der Waals surface area contributed by atoms with E-state index in [0.29, 0.717) is 5.95 Å². The third kappa shape index (κ3) is 2.24. The number of nitrogens with two attached hydrogens (primary N) is 1. The summed E-state index contributed by atoms with van der Waals surface area (Å²) < 4.78 is 3.95. The third-order valence-corrected chi connectivity index (χ3v) is 3.60. The Morgan fingerprint density at radius 3 is 2.75 bits per heavy atom. The van der Waals surface area contributed by atoms with Crippen LogP contribution in [0.2, 0.25) is 0 Å². The Bertz CT molecular complexity index is 372. The molecular formula is C9H15N5OS. The topological polar surface area (TPSA) is 84.1 Å². The number of amides is 1. The van der Waals surface area contributed by atoms with Gasteiger partial charge in [0.05, 0.1) is 0 Å². The van der Waals surface area contributed by atoms with Gasteiger partial charge in [-0.15, -0.1) is 0 Å². The summed E-state index contributed by atoms with van der Waals surface area (Å²) in [4.78, 5) is 17.7. The molecule has 2 heterocycles. The van der Waals surface area contributed by atoms with E-state index in [-0.39, 0.29) is 11.8 Å². The quantitative estimate of drug-likeness (QED) is 0.766. The van der Waals surface area contributed by atoms with Gasteiger partial charge in [0, 0.05) is 37.6 Å². The van der Waals surface area contributed by atoms with E-state index in [2.05, 4.69) is 19.6 Å². The van der Waals surface area contributed by atoms with E-state index < -0.39 is 0 Å². The zero-order valence-electron chi connectivity index (χ0n) is 9.14. The second-order valence-electron chi connectivity index (χ2n) is 3.81. The number of hydrogen-bond donors (Lipinski definition) is 2. The van der Waals surface area contributed by atoms with Gasteiger partial charge in [0.1, 0.15) is 0 Å². The van der Waals surface area contributed by atoms with Gasteiger partial charge in [0.25, 0.3) is 0 Å². The molecule has 3 N–H and O–H groups in total. The molecule has 0 saturated carbocycles. The summed E-state index contributed by atoms with van der Waals surface area (Å²) in [5, 5.41) is 3.55. The molecule has 0 aliphatic carbocycles. The molecule has 0 bridgehead atoms. The SMILES string of the molecule is CNC(=O)C1CCN(c2nc(N)ns2)CC1. The number of nitrogens with zero attached hydrogens (tertiary/aromatic N) is 3. The fraction of sp³-hybridized carbons (Fsp3) is 0.667. The first-order chi connectivity index (χ1) is 7.70. The zero-order valence-corrected chi connectivity index (χ0v) is 9.96. The molecule has 0 radical (unpaired) electrons. The minimum Gasteiger partial charge on any atom is -0.367 e. The van der Waals surface area contributed by atoms with E-state index >= 15 is 0 Å². The Morgan fingerprint density at radius 2 is 2.25 bits per heavy atom. The number of anilines is 2. The van der Waals surface area contributed by atoms with Gasteiger partial charge in [-0.3, -0.25) is 4.79 Å². The average molecular weight is 241 g/mol. The van der Waals surface area contributed by atoms with Crippen molar-refractivity contribution in [1.82, 2.24) is 14.7 Å². The molecule has 7 heteroatoms.